The lowest BCUT2D eigenvalue weighted by atomic mass is 10.0. The van der Waals surface area contributed by atoms with Crippen LogP contribution in [0.2, 0.25) is 0 Å². The van der Waals surface area contributed by atoms with Gasteiger partial charge in [-0.25, -0.2) is 0 Å². The Balaban J connectivity index is 3.37. The lowest BCUT2D eigenvalue weighted by Crippen LogP contribution is -2.04. The molecule has 0 unspecified atom stereocenters. The van der Waals surface area contributed by atoms with Gasteiger partial charge in [0.1, 0.15) is 5.75 Å². The quantitative estimate of drug-likeness (QED) is 0.625. The van der Waals surface area contributed by atoms with E-state index in [4.69, 9.17) is 10.00 Å². The molecule has 0 radical (unpaired) electrons. The van der Waals surface area contributed by atoms with E-state index in [0.29, 0.717) is 16.9 Å². The Hall–Kier alpha value is -1.34. The SMILES string of the molecule is COc1cc(C(=O)CBr)c(C#N)cc1C. The Labute approximate surface area is 96.8 Å². The van der Waals surface area contributed by atoms with Crippen LogP contribution in [0.3, 0.4) is 0 Å². The van der Waals surface area contributed by atoms with Crippen molar-refractivity contribution in [3.63, 3.8) is 0 Å². The zero-order chi connectivity index (χ0) is 11.4. The first-order valence-electron chi connectivity index (χ1n) is 4.32. The minimum absolute atomic E-state index is 0.121. The van der Waals surface area contributed by atoms with Crippen LogP contribution < -0.4 is 4.74 Å². The first-order chi connectivity index (χ1) is 7.13. The van der Waals surface area contributed by atoms with Crippen LogP contribution in [-0.4, -0.2) is 18.2 Å². The van der Waals surface area contributed by atoms with Crippen molar-refractivity contribution in [3.05, 3.63) is 28.8 Å². The number of aryl methyl sites for hydroxylation is 1. The first kappa shape index (κ1) is 11.7. The summed E-state index contributed by atoms with van der Waals surface area (Å²) >= 11 is 3.08. The molecule has 3 nitrogen and oxygen atoms in total. The molecular weight excluding hydrogens is 258 g/mol. The molecular formula is C11H10BrNO2. The van der Waals surface area contributed by atoms with Gasteiger partial charge in [0.25, 0.3) is 0 Å². The van der Waals surface area contributed by atoms with Crippen LogP contribution in [0, 0.1) is 18.3 Å². The van der Waals surface area contributed by atoms with Crippen LogP contribution in [-0.2, 0) is 0 Å². The highest BCUT2D eigenvalue weighted by Gasteiger charge is 2.13. The summed E-state index contributed by atoms with van der Waals surface area (Å²) in [5, 5.41) is 9.09. The molecule has 0 atom stereocenters. The first-order valence-corrected chi connectivity index (χ1v) is 5.44. The van der Waals surface area contributed by atoms with Crippen molar-refractivity contribution in [1.29, 1.82) is 5.26 Å². The van der Waals surface area contributed by atoms with Gasteiger partial charge in [-0.05, 0) is 24.6 Å². The summed E-state index contributed by atoms with van der Waals surface area (Å²) in [5.74, 6) is 0.503. The summed E-state index contributed by atoms with van der Waals surface area (Å²) in [5.41, 5.74) is 1.63. The average molecular weight is 268 g/mol. The molecule has 0 aromatic heterocycles. The van der Waals surface area contributed by atoms with Crippen molar-refractivity contribution in [2.45, 2.75) is 6.92 Å². The topological polar surface area (TPSA) is 50.1 Å². The molecule has 78 valence electrons. The molecule has 0 saturated heterocycles. The van der Waals surface area contributed by atoms with Gasteiger partial charge in [0, 0.05) is 5.56 Å². The number of halogens is 1. The predicted molar refractivity (Wildman–Crippen MR) is 60.6 cm³/mol. The Bertz CT molecular complexity index is 435. The molecule has 0 N–H and O–H groups in total. The highest BCUT2D eigenvalue weighted by Crippen LogP contribution is 2.23. The molecule has 15 heavy (non-hydrogen) atoms. The fourth-order valence-electron chi connectivity index (χ4n) is 1.30. The number of hydrogen-bond acceptors (Lipinski definition) is 3. The third kappa shape index (κ3) is 2.37. The number of alkyl halides is 1. The van der Waals surface area contributed by atoms with E-state index in [0.717, 1.165) is 5.56 Å². The third-order valence-corrected chi connectivity index (χ3v) is 2.59. The monoisotopic (exact) mass is 267 g/mol. The maximum atomic E-state index is 11.5. The fourth-order valence-corrected chi connectivity index (χ4v) is 1.61. The maximum absolute atomic E-state index is 11.5. The summed E-state index contributed by atoms with van der Waals surface area (Å²) in [7, 11) is 1.54. The van der Waals surface area contributed by atoms with Crippen LogP contribution in [0.25, 0.3) is 0 Å². The smallest absolute Gasteiger partial charge is 0.174 e. The van der Waals surface area contributed by atoms with Crippen LogP contribution in [0.15, 0.2) is 12.1 Å². The van der Waals surface area contributed by atoms with Crippen LogP contribution >= 0.6 is 15.9 Å². The van der Waals surface area contributed by atoms with Crippen molar-refractivity contribution < 1.29 is 9.53 Å². The van der Waals surface area contributed by atoms with Crippen molar-refractivity contribution in [2.24, 2.45) is 0 Å². The van der Waals surface area contributed by atoms with Gasteiger partial charge in [0.05, 0.1) is 24.1 Å². The van der Waals surface area contributed by atoms with E-state index in [1.807, 2.05) is 13.0 Å². The molecule has 4 heteroatoms. The molecule has 0 saturated carbocycles. The van der Waals surface area contributed by atoms with Crippen molar-refractivity contribution in [1.82, 2.24) is 0 Å². The second-order valence-electron chi connectivity index (χ2n) is 3.04. The second-order valence-corrected chi connectivity index (χ2v) is 3.60. The lowest BCUT2D eigenvalue weighted by Gasteiger charge is -2.08. The molecule has 1 aromatic carbocycles. The Morgan fingerprint density at radius 1 is 1.60 bits per heavy atom. The van der Waals surface area contributed by atoms with Crippen molar-refractivity contribution in [2.75, 3.05) is 12.4 Å². The number of carbonyl (C=O) groups excluding carboxylic acids is 1. The lowest BCUT2D eigenvalue weighted by molar-refractivity contribution is 0.102. The Morgan fingerprint density at radius 3 is 2.73 bits per heavy atom. The normalized spacial score (nSPS) is 9.47. The van der Waals surface area contributed by atoms with E-state index >= 15 is 0 Å². The molecule has 0 aliphatic carbocycles. The van der Waals surface area contributed by atoms with Gasteiger partial charge in [-0.3, -0.25) is 4.79 Å². The predicted octanol–water partition coefficient (Wildman–Crippen LogP) is 2.45. The van der Waals surface area contributed by atoms with Crippen LogP contribution in [0.1, 0.15) is 21.5 Å². The van der Waals surface area contributed by atoms with Gasteiger partial charge < -0.3 is 4.74 Å². The van der Waals surface area contributed by atoms with E-state index in [-0.39, 0.29) is 11.1 Å². The number of Topliss-reactive ketones (excluding diaryl/α,β-unsaturated/α-hetero) is 1. The van der Waals surface area contributed by atoms with Crippen LogP contribution in [0.5, 0.6) is 5.75 Å². The summed E-state index contributed by atoms with van der Waals surface area (Å²) in [6.07, 6.45) is 0. The van der Waals surface area contributed by atoms with Gasteiger partial charge in [0.2, 0.25) is 0 Å². The zero-order valence-electron chi connectivity index (χ0n) is 8.50. The third-order valence-electron chi connectivity index (χ3n) is 2.08. The van der Waals surface area contributed by atoms with Gasteiger partial charge in [-0.2, -0.15) is 5.26 Å². The van der Waals surface area contributed by atoms with E-state index in [9.17, 15) is 4.79 Å². The number of benzene rings is 1. The molecule has 0 aliphatic rings. The number of nitriles is 1. The van der Waals surface area contributed by atoms with Crippen LogP contribution in [0.4, 0.5) is 0 Å². The summed E-state index contributed by atoms with van der Waals surface area (Å²) in [6, 6.07) is 5.28. The average Bonchev–Trinajstić information content (AvgIpc) is 2.27. The molecule has 1 aromatic rings. The van der Waals surface area contributed by atoms with E-state index < -0.39 is 0 Å². The standard InChI is InChI=1S/C11H10BrNO2/c1-7-3-8(6-13)9(10(14)5-12)4-11(7)15-2/h3-4H,5H2,1-2H3. The zero-order valence-corrected chi connectivity index (χ0v) is 10.1. The van der Waals surface area contributed by atoms with Gasteiger partial charge >= 0.3 is 0 Å². The highest BCUT2D eigenvalue weighted by atomic mass is 79.9. The van der Waals surface area contributed by atoms with Crippen molar-refractivity contribution >= 4 is 21.7 Å². The maximum Gasteiger partial charge on any atom is 0.174 e. The van der Waals surface area contributed by atoms with Gasteiger partial charge in [-0.15, -0.1) is 0 Å². The minimum atomic E-state index is -0.121. The van der Waals surface area contributed by atoms with Crippen molar-refractivity contribution in [3.8, 4) is 11.8 Å². The number of rotatable bonds is 3. The molecule has 0 aliphatic heterocycles. The van der Waals surface area contributed by atoms with E-state index in [1.165, 1.54) is 7.11 Å². The summed E-state index contributed by atoms with van der Waals surface area (Å²) < 4.78 is 5.10. The number of methoxy groups -OCH3 is 1. The number of hydrogen-bond donors (Lipinski definition) is 0. The van der Waals surface area contributed by atoms with E-state index in [1.54, 1.807) is 12.1 Å². The fraction of sp³-hybridized carbons (Fsp3) is 0.273. The minimum Gasteiger partial charge on any atom is -0.496 e. The second kappa shape index (κ2) is 4.94. The molecule has 0 spiro atoms. The molecule has 1 rings (SSSR count). The molecule has 0 heterocycles. The summed E-state index contributed by atoms with van der Waals surface area (Å²) in [4.78, 5) is 11.5. The Kier molecular flexibility index (Phi) is 3.87. The largest absolute Gasteiger partial charge is 0.496 e. The highest BCUT2D eigenvalue weighted by molar-refractivity contribution is 9.09. The van der Waals surface area contributed by atoms with Gasteiger partial charge in [-0.1, -0.05) is 15.9 Å². The molecule has 0 bridgehead atoms. The summed E-state index contributed by atoms with van der Waals surface area (Å²) in [6.45, 7) is 1.84. The van der Waals surface area contributed by atoms with E-state index in [2.05, 4.69) is 15.9 Å². The molecule has 0 fully saturated rings. The van der Waals surface area contributed by atoms with Gasteiger partial charge in [0.15, 0.2) is 5.78 Å². The number of carbonyl (C=O) groups is 1. The molecule has 0 amide bonds. The number of ketones is 1. The number of ether oxygens (including phenoxy) is 1. The Morgan fingerprint density at radius 2 is 2.27 bits per heavy atom. The number of nitrogens with zero attached hydrogens (tertiary/aromatic N) is 1.